The van der Waals surface area contributed by atoms with Gasteiger partial charge in [-0.3, -0.25) is 14.6 Å². The summed E-state index contributed by atoms with van der Waals surface area (Å²) in [6.45, 7) is 7.68. The van der Waals surface area contributed by atoms with Crippen LogP contribution in [0.4, 0.5) is 11.6 Å². The smallest absolute Gasteiger partial charge is 0.309 e. The molecule has 152 valence electrons. The summed E-state index contributed by atoms with van der Waals surface area (Å²) >= 11 is 0. The van der Waals surface area contributed by atoms with E-state index in [0.29, 0.717) is 36.1 Å². The molecule has 0 aromatic carbocycles. The van der Waals surface area contributed by atoms with E-state index in [1.54, 1.807) is 0 Å². The van der Waals surface area contributed by atoms with Gasteiger partial charge in [-0.1, -0.05) is 0 Å². The molecule has 1 unspecified atom stereocenters. The molecule has 2 aliphatic heterocycles. The first kappa shape index (κ1) is 19.3. The predicted molar refractivity (Wildman–Crippen MR) is 108 cm³/mol. The van der Waals surface area contributed by atoms with Crippen LogP contribution in [-0.2, 0) is 27.3 Å². The Balaban J connectivity index is 1.48. The highest BCUT2D eigenvalue weighted by molar-refractivity contribution is 5.94. The average Bonchev–Trinajstić information content (AvgIpc) is 3.08. The number of hydrogen-bond acceptors (Lipinski definition) is 7. The maximum absolute atomic E-state index is 12.4. The number of amides is 1. The fourth-order valence-corrected chi connectivity index (χ4v) is 3.89. The van der Waals surface area contributed by atoms with Crippen LogP contribution in [0.15, 0.2) is 12.3 Å². The number of rotatable bonds is 4. The van der Waals surface area contributed by atoms with Crippen LogP contribution in [0.1, 0.15) is 41.1 Å². The van der Waals surface area contributed by atoms with Crippen molar-refractivity contribution in [3.63, 3.8) is 0 Å². The van der Waals surface area contributed by atoms with Crippen LogP contribution in [0.2, 0.25) is 0 Å². The first-order valence-electron chi connectivity index (χ1n) is 9.92. The van der Waals surface area contributed by atoms with Gasteiger partial charge in [-0.2, -0.15) is 0 Å². The molecule has 1 saturated heterocycles. The minimum Gasteiger partial charge on any atom is -0.465 e. The third-order valence-corrected chi connectivity index (χ3v) is 5.51. The zero-order valence-corrected chi connectivity index (χ0v) is 17.0. The topological polar surface area (TPSA) is 97.3 Å². The number of ether oxygens (including phenoxy) is 1. The Labute approximate surface area is 169 Å². The van der Waals surface area contributed by atoms with Gasteiger partial charge in [0.25, 0.3) is 0 Å². The number of hydrogen-bond donors (Lipinski definition) is 1. The Morgan fingerprint density at radius 2 is 2.00 bits per heavy atom. The molecule has 2 aromatic rings. The molecule has 0 radical (unpaired) electrons. The summed E-state index contributed by atoms with van der Waals surface area (Å²) in [4.78, 5) is 39.8. The second-order valence-electron chi connectivity index (χ2n) is 7.74. The molecule has 2 aliphatic rings. The molecule has 0 spiro atoms. The summed E-state index contributed by atoms with van der Waals surface area (Å²) in [6.07, 6.45) is 3.56. The number of nitrogens with one attached hydrogen (secondary N) is 1. The lowest BCUT2D eigenvalue weighted by Crippen LogP contribution is -2.32. The molecule has 0 saturated carbocycles. The van der Waals surface area contributed by atoms with Crippen LogP contribution in [0.3, 0.4) is 0 Å². The van der Waals surface area contributed by atoms with Crippen molar-refractivity contribution in [1.29, 1.82) is 0 Å². The van der Waals surface area contributed by atoms with E-state index in [1.807, 2.05) is 27.0 Å². The molecule has 0 bridgehead atoms. The molecule has 0 aliphatic carbocycles. The van der Waals surface area contributed by atoms with Crippen LogP contribution >= 0.6 is 0 Å². The van der Waals surface area contributed by atoms with E-state index in [9.17, 15) is 9.59 Å². The number of pyridine rings is 1. The van der Waals surface area contributed by atoms with Gasteiger partial charge in [0.15, 0.2) is 0 Å². The fourth-order valence-electron chi connectivity index (χ4n) is 3.89. The van der Waals surface area contributed by atoms with Crippen LogP contribution in [0.25, 0.3) is 0 Å². The minimum absolute atomic E-state index is 0.120. The van der Waals surface area contributed by atoms with Gasteiger partial charge in [0.05, 0.1) is 29.6 Å². The Bertz CT molecular complexity index is 952. The summed E-state index contributed by atoms with van der Waals surface area (Å²) < 4.78 is 4.92. The van der Waals surface area contributed by atoms with Crippen LogP contribution in [0, 0.1) is 26.7 Å². The Hall–Kier alpha value is -3.03. The van der Waals surface area contributed by atoms with Gasteiger partial charge in [0, 0.05) is 31.4 Å². The van der Waals surface area contributed by atoms with Gasteiger partial charge in [0.2, 0.25) is 11.9 Å². The largest absolute Gasteiger partial charge is 0.465 e. The van der Waals surface area contributed by atoms with E-state index in [0.717, 1.165) is 25.2 Å². The molecular weight excluding hydrogens is 370 g/mol. The minimum atomic E-state index is -0.360. The van der Waals surface area contributed by atoms with Gasteiger partial charge in [0.1, 0.15) is 0 Å². The van der Waals surface area contributed by atoms with E-state index < -0.39 is 0 Å². The quantitative estimate of drug-likeness (QED) is 0.793. The van der Waals surface area contributed by atoms with Gasteiger partial charge in [-0.05, 0) is 50.8 Å². The summed E-state index contributed by atoms with van der Waals surface area (Å²) in [5.41, 5.74) is 5.59. The highest BCUT2D eigenvalue weighted by atomic mass is 16.5. The maximum atomic E-state index is 12.4. The first-order chi connectivity index (χ1) is 13.9. The van der Waals surface area contributed by atoms with E-state index in [4.69, 9.17) is 4.74 Å². The third kappa shape index (κ3) is 4.06. The van der Waals surface area contributed by atoms with Crippen LogP contribution < -0.4 is 10.2 Å². The van der Waals surface area contributed by atoms with Gasteiger partial charge < -0.3 is 15.0 Å². The first-order valence-corrected chi connectivity index (χ1v) is 9.92. The Morgan fingerprint density at radius 1 is 1.24 bits per heavy atom. The fraction of sp³-hybridized carbons (Fsp3) is 0.476. The van der Waals surface area contributed by atoms with E-state index in [-0.39, 0.29) is 24.2 Å². The van der Waals surface area contributed by atoms with E-state index in [1.165, 1.54) is 11.1 Å². The summed E-state index contributed by atoms with van der Waals surface area (Å²) in [6, 6.07) is 2.14. The van der Waals surface area contributed by atoms with Crippen molar-refractivity contribution in [3.8, 4) is 0 Å². The number of fused-ring (bicyclic) bond motifs is 1. The molecular formula is C21H25N5O3. The third-order valence-electron chi connectivity index (χ3n) is 5.51. The monoisotopic (exact) mass is 395 g/mol. The molecule has 1 N–H and O–H groups in total. The molecule has 4 heterocycles. The Kier molecular flexibility index (Phi) is 5.17. The zero-order chi connectivity index (χ0) is 20.5. The van der Waals surface area contributed by atoms with Crippen molar-refractivity contribution in [2.75, 3.05) is 23.4 Å². The second-order valence-corrected chi connectivity index (χ2v) is 7.74. The van der Waals surface area contributed by atoms with Crippen molar-refractivity contribution in [3.05, 3.63) is 40.5 Å². The Morgan fingerprint density at radius 3 is 2.69 bits per heavy atom. The summed E-state index contributed by atoms with van der Waals surface area (Å²) in [5.74, 6) is -0.218. The number of carbonyl (C=O) groups excluding carboxylic acids is 2. The van der Waals surface area contributed by atoms with Crippen molar-refractivity contribution < 1.29 is 14.3 Å². The molecule has 8 heteroatoms. The molecule has 2 aromatic heterocycles. The number of aryl methyl sites for hydroxylation is 3. The standard InChI is InChI=1S/C21H25N5O3/c1-12-8-15-4-6-26(11-17(15)10-22-12)21-23-13(2)19(14(3)24-21)25-18(27)9-16-5-7-29-20(16)28/h8,10,16H,4-7,9,11H2,1-3H3,(H,25,27). The molecule has 1 fully saturated rings. The lowest BCUT2D eigenvalue weighted by molar-refractivity contribution is -0.142. The lowest BCUT2D eigenvalue weighted by atomic mass is 10.0. The SMILES string of the molecule is Cc1cc2c(cn1)CN(c1nc(C)c(NC(=O)CC3CCOC3=O)c(C)n1)CC2. The van der Waals surface area contributed by atoms with Crippen molar-refractivity contribution in [2.45, 2.75) is 46.6 Å². The number of esters is 1. The highest BCUT2D eigenvalue weighted by Gasteiger charge is 2.29. The number of aromatic nitrogens is 3. The summed E-state index contributed by atoms with van der Waals surface area (Å²) in [7, 11) is 0. The summed E-state index contributed by atoms with van der Waals surface area (Å²) in [5, 5.41) is 2.88. The van der Waals surface area contributed by atoms with Gasteiger partial charge >= 0.3 is 5.97 Å². The number of anilines is 2. The van der Waals surface area contributed by atoms with Gasteiger partial charge in [-0.25, -0.2) is 9.97 Å². The highest BCUT2D eigenvalue weighted by Crippen LogP contribution is 2.26. The molecule has 29 heavy (non-hydrogen) atoms. The lowest BCUT2D eigenvalue weighted by Gasteiger charge is -2.29. The molecule has 8 nitrogen and oxygen atoms in total. The predicted octanol–water partition coefficient (Wildman–Crippen LogP) is 2.25. The van der Waals surface area contributed by atoms with E-state index in [2.05, 4.69) is 31.2 Å². The van der Waals surface area contributed by atoms with E-state index >= 15 is 0 Å². The average molecular weight is 395 g/mol. The normalized spacial score (nSPS) is 18.4. The number of carbonyl (C=O) groups is 2. The maximum Gasteiger partial charge on any atom is 0.309 e. The molecule has 1 amide bonds. The molecule has 1 atom stereocenters. The molecule has 4 rings (SSSR count). The number of cyclic esters (lactones) is 1. The van der Waals surface area contributed by atoms with Crippen LogP contribution in [0.5, 0.6) is 0 Å². The van der Waals surface area contributed by atoms with Crippen molar-refractivity contribution in [2.24, 2.45) is 5.92 Å². The second kappa shape index (κ2) is 7.77. The number of nitrogens with zero attached hydrogens (tertiary/aromatic N) is 4. The van der Waals surface area contributed by atoms with Crippen LogP contribution in [-0.4, -0.2) is 40.0 Å². The van der Waals surface area contributed by atoms with Gasteiger partial charge in [-0.15, -0.1) is 0 Å². The van der Waals surface area contributed by atoms with Crippen molar-refractivity contribution >= 4 is 23.5 Å². The zero-order valence-electron chi connectivity index (χ0n) is 17.0. The van der Waals surface area contributed by atoms with Crippen molar-refractivity contribution in [1.82, 2.24) is 15.0 Å².